The first-order chi connectivity index (χ1) is 10.6. The summed E-state index contributed by atoms with van der Waals surface area (Å²) in [5, 5.41) is 10.4. The van der Waals surface area contributed by atoms with E-state index in [2.05, 4.69) is 20.7 Å². The summed E-state index contributed by atoms with van der Waals surface area (Å²) >= 11 is 0. The van der Waals surface area contributed by atoms with E-state index in [1.54, 1.807) is 16.9 Å². The molecule has 0 bridgehead atoms. The van der Waals surface area contributed by atoms with Gasteiger partial charge in [-0.05, 0) is 11.1 Å². The number of aryl methyl sites for hydroxylation is 1. The quantitative estimate of drug-likeness (QED) is 0.725. The SMILES string of the molecule is Cn1cc([C@H]2CNC[C@@H]2C(=O)NCc2ccc(=O)[nH]c2)cn1. The van der Waals surface area contributed by atoms with Crippen molar-refractivity contribution in [2.24, 2.45) is 13.0 Å². The van der Waals surface area contributed by atoms with Crippen LogP contribution in [0.25, 0.3) is 0 Å². The van der Waals surface area contributed by atoms with Gasteiger partial charge in [-0.1, -0.05) is 6.07 Å². The first-order valence-electron chi connectivity index (χ1n) is 7.28. The van der Waals surface area contributed by atoms with Crippen molar-refractivity contribution < 1.29 is 4.79 Å². The fraction of sp³-hybridized carbons (Fsp3) is 0.400. The van der Waals surface area contributed by atoms with Crippen molar-refractivity contribution in [1.82, 2.24) is 25.4 Å². The predicted octanol–water partition coefficient (Wildman–Crippen LogP) is -0.272. The first-order valence-corrected chi connectivity index (χ1v) is 7.28. The molecule has 7 heteroatoms. The molecule has 7 nitrogen and oxygen atoms in total. The molecule has 3 N–H and O–H groups in total. The smallest absolute Gasteiger partial charge is 0.247 e. The summed E-state index contributed by atoms with van der Waals surface area (Å²) in [7, 11) is 1.87. The van der Waals surface area contributed by atoms with Crippen LogP contribution >= 0.6 is 0 Å². The molecule has 2 aromatic heterocycles. The lowest BCUT2D eigenvalue weighted by Crippen LogP contribution is -2.34. The van der Waals surface area contributed by atoms with Crippen LogP contribution in [0.15, 0.2) is 35.5 Å². The fourth-order valence-corrected chi connectivity index (χ4v) is 2.81. The van der Waals surface area contributed by atoms with E-state index in [1.807, 2.05) is 19.4 Å². The highest BCUT2D eigenvalue weighted by molar-refractivity contribution is 5.80. The van der Waals surface area contributed by atoms with Crippen LogP contribution in [0.2, 0.25) is 0 Å². The van der Waals surface area contributed by atoms with Gasteiger partial charge >= 0.3 is 0 Å². The molecule has 0 spiro atoms. The van der Waals surface area contributed by atoms with E-state index < -0.39 is 0 Å². The number of nitrogens with one attached hydrogen (secondary N) is 3. The molecule has 2 atom stereocenters. The summed E-state index contributed by atoms with van der Waals surface area (Å²) in [4.78, 5) is 26.0. The zero-order chi connectivity index (χ0) is 15.5. The third-order valence-electron chi connectivity index (χ3n) is 4.02. The van der Waals surface area contributed by atoms with Crippen molar-refractivity contribution in [3.8, 4) is 0 Å². The number of nitrogens with zero attached hydrogens (tertiary/aromatic N) is 2. The number of hydrogen-bond acceptors (Lipinski definition) is 4. The molecular formula is C15H19N5O2. The van der Waals surface area contributed by atoms with Gasteiger partial charge in [0.15, 0.2) is 0 Å². The molecule has 1 saturated heterocycles. The van der Waals surface area contributed by atoms with Crippen molar-refractivity contribution in [2.75, 3.05) is 13.1 Å². The van der Waals surface area contributed by atoms with E-state index in [0.29, 0.717) is 13.1 Å². The number of hydrogen-bond donors (Lipinski definition) is 3. The Hall–Kier alpha value is -2.41. The van der Waals surface area contributed by atoms with E-state index in [1.165, 1.54) is 6.07 Å². The lowest BCUT2D eigenvalue weighted by Gasteiger charge is -2.17. The van der Waals surface area contributed by atoms with Crippen LogP contribution in [0, 0.1) is 5.92 Å². The average molecular weight is 301 g/mol. The maximum Gasteiger partial charge on any atom is 0.247 e. The molecule has 0 radical (unpaired) electrons. The number of carbonyl (C=O) groups excluding carboxylic acids is 1. The molecule has 3 rings (SSSR count). The molecule has 116 valence electrons. The Morgan fingerprint density at radius 1 is 1.45 bits per heavy atom. The predicted molar refractivity (Wildman–Crippen MR) is 81.2 cm³/mol. The second-order valence-corrected chi connectivity index (χ2v) is 5.60. The van der Waals surface area contributed by atoms with Gasteiger partial charge in [0.2, 0.25) is 11.5 Å². The van der Waals surface area contributed by atoms with Crippen LogP contribution in [0.3, 0.4) is 0 Å². The zero-order valence-electron chi connectivity index (χ0n) is 12.4. The zero-order valence-corrected chi connectivity index (χ0v) is 12.4. The maximum atomic E-state index is 12.4. The van der Waals surface area contributed by atoms with Crippen LogP contribution in [0.1, 0.15) is 17.0 Å². The van der Waals surface area contributed by atoms with Crippen LogP contribution in [0.5, 0.6) is 0 Å². The highest BCUT2D eigenvalue weighted by Crippen LogP contribution is 2.27. The van der Waals surface area contributed by atoms with Gasteiger partial charge in [0.05, 0.1) is 12.1 Å². The van der Waals surface area contributed by atoms with Crippen LogP contribution in [-0.2, 0) is 18.4 Å². The third kappa shape index (κ3) is 3.09. The summed E-state index contributed by atoms with van der Waals surface area (Å²) < 4.78 is 1.75. The number of H-pyrrole nitrogens is 1. The standard InChI is InChI=1S/C15H19N5O2/c1-20-9-11(6-19-20)12-7-16-8-13(12)15(22)18-5-10-2-3-14(21)17-4-10/h2-4,6,9,12-13,16H,5,7-8H2,1H3,(H,17,21)(H,18,22)/t12-,13+/m1/s1. The monoisotopic (exact) mass is 301 g/mol. The van der Waals surface area contributed by atoms with Gasteiger partial charge < -0.3 is 15.6 Å². The molecule has 2 aromatic rings. The number of rotatable bonds is 4. The van der Waals surface area contributed by atoms with Gasteiger partial charge in [-0.15, -0.1) is 0 Å². The van der Waals surface area contributed by atoms with E-state index in [-0.39, 0.29) is 23.3 Å². The lowest BCUT2D eigenvalue weighted by molar-refractivity contribution is -0.125. The van der Waals surface area contributed by atoms with Gasteiger partial charge in [0, 0.05) is 51.1 Å². The van der Waals surface area contributed by atoms with E-state index >= 15 is 0 Å². The minimum Gasteiger partial charge on any atom is -0.352 e. The van der Waals surface area contributed by atoms with Crippen molar-refractivity contribution in [3.05, 3.63) is 52.2 Å². The molecule has 0 aromatic carbocycles. The topological polar surface area (TPSA) is 91.8 Å². The fourth-order valence-electron chi connectivity index (χ4n) is 2.81. The number of pyridine rings is 1. The van der Waals surface area contributed by atoms with Crippen LogP contribution in [0.4, 0.5) is 0 Å². The Morgan fingerprint density at radius 2 is 2.32 bits per heavy atom. The molecule has 1 aliphatic rings. The minimum atomic E-state index is -0.147. The molecule has 0 aliphatic carbocycles. The second kappa shape index (κ2) is 6.15. The van der Waals surface area contributed by atoms with E-state index in [4.69, 9.17) is 0 Å². The molecule has 1 aliphatic heterocycles. The lowest BCUT2D eigenvalue weighted by atomic mass is 9.90. The normalized spacial score (nSPS) is 21.0. The largest absolute Gasteiger partial charge is 0.352 e. The number of carbonyl (C=O) groups is 1. The van der Waals surface area contributed by atoms with Gasteiger partial charge in [-0.25, -0.2) is 0 Å². The van der Waals surface area contributed by atoms with Crippen LogP contribution in [-0.4, -0.2) is 33.8 Å². The molecule has 0 saturated carbocycles. The summed E-state index contributed by atoms with van der Waals surface area (Å²) in [6.07, 6.45) is 5.40. The van der Waals surface area contributed by atoms with E-state index in [0.717, 1.165) is 17.7 Å². The highest BCUT2D eigenvalue weighted by Gasteiger charge is 2.34. The van der Waals surface area contributed by atoms with Gasteiger partial charge in [-0.2, -0.15) is 5.10 Å². The Labute approximate surface area is 127 Å². The van der Waals surface area contributed by atoms with Crippen molar-refractivity contribution in [3.63, 3.8) is 0 Å². The Bertz CT molecular complexity index is 700. The summed E-state index contributed by atoms with van der Waals surface area (Å²) in [6, 6.07) is 3.17. The van der Waals surface area contributed by atoms with Gasteiger partial charge in [0.25, 0.3) is 0 Å². The van der Waals surface area contributed by atoms with Crippen LogP contribution < -0.4 is 16.2 Å². The summed E-state index contributed by atoms with van der Waals surface area (Å²) in [5.74, 6) is 0.0568. The number of amides is 1. The Kier molecular flexibility index (Phi) is 4.06. The Balaban J connectivity index is 1.63. The van der Waals surface area contributed by atoms with E-state index in [9.17, 15) is 9.59 Å². The van der Waals surface area contributed by atoms with Crippen molar-refractivity contribution >= 4 is 5.91 Å². The number of aromatic amines is 1. The maximum absolute atomic E-state index is 12.4. The summed E-state index contributed by atoms with van der Waals surface area (Å²) in [5.41, 5.74) is 1.81. The third-order valence-corrected chi connectivity index (χ3v) is 4.02. The summed E-state index contributed by atoms with van der Waals surface area (Å²) in [6.45, 7) is 1.85. The molecule has 1 amide bonds. The van der Waals surface area contributed by atoms with Crippen molar-refractivity contribution in [1.29, 1.82) is 0 Å². The first kappa shape index (κ1) is 14.5. The molecular weight excluding hydrogens is 282 g/mol. The molecule has 3 heterocycles. The molecule has 1 fully saturated rings. The molecule has 22 heavy (non-hydrogen) atoms. The van der Waals surface area contributed by atoms with Gasteiger partial charge in [-0.3, -0.25) is 14.3 Å². The second-order valence-electron chi connectivity index (χ2n) is 5.60. The average Bonchev–Trinajstić information content (AvgIpc) is 3.14. The highest BCUT2D eigenvalue weighted by atomic mass is 16.2. The van der Waals surface area contributed by atoms with Gasteiger partial charge in [0.1, 0.15) is 0 Å². The molecule has 0 unspecified atom stereocenters. The Morgan fingerprint density at radius 3 is 3.00 bits per heavy atom. The van der Waals surface area contributed by atoms with Crippen molar-refractivity contribution in [2.45, 2.75) is 12.5 Å². The minimum absolute atomic E-state index is 0.0186. The number of aromatic nitrogens is 3.